The van der Waals surface area contributed by atoms with Crippen LogP contribution in [-0.2, 0) is 6.54 Å². The highest BCUT2D eigenvalue weighted by atomic mass is 35.5. The van der Waals surface area contributed by atoms with Gasteiger partial charge in [-0.1, -0.05) is 25.4 Å². The fourth-order valence-electron chi connectivity index (χ4n) is 1.67. The lowest BCUT2D eigenvalue weighted by Crippen LogP contribution is -2.21. The van der Waals surface area contributed by atoms with E-state index in [2.05, 4.69) is 5.32 Å². The first kappa shape index (κ1) is 15.4. The van der Waals surface area contributed by atoms with Gasteiger partial charge in [0.1, 0.15) is 5.82 Å². The lowest BCUT2D eigenvalue weighted by molar-refractivity contribution is 0.148. The Morgan fingerprint density at radius 2 is 2.11 bits per heavy atom. The van der Waals surface area contributed by atoms with E-state index < -0.39 is 0 Å². The number of halogens is 2. The molecule has 0 heterocycles. The predicted molar refractivity (Wildman–Crippen MR) is 73.2 cm³/mol. The van der Waals surface area contributed by atoms with Gasteiger partial charge in [-0.05, 0) is 43.0 Å². The monoisotopic (exact) mass is 273 g/mol. The van der Waals surface area contributed by atoms with Crippen molar-refractivity contribution in [1.82, 2.24) is 5.32 Å². The van der Waals surface area contributed by atoms with Crippen LogP contribution in [0, 0.1) is 11.2 Å². The van der Waals surface area contributed by atoms with E-state index in [9.17, 15) is 4.39 Å². The van der Waals surface area contributed by atoms with Gasteiger partial charge in [-0.25, -0.2) is 4.39 Å². The maximum Gasteiger partial charge on any atom is 0.127 e. The Morgan fingerprint density at radius 3 is 2.78 bits per heavy atom. The number of benzene rings is 1. The van der Waals surface area contributed by atoms with Crippen molar-refractivity contribution in [3.8, 4) is 0 Å². The molecular formula is C14H21ClFNO. The lowest BCUT2D eigenvalue weighted by Gasteiger charge is -2.21. The third-order valence-corrected chi connectivity index (χ3v) is 3.19. The average molecular weight is 274 g/mol. The van der Waals surface area contributed by atoms with Crippen LogP contribution in [0.4, 0.5) is 4.39 Å². The van der Waals surface area contributed by atoms with Gasteiger partial charge in [0.05, 0.1) is 0 Å². The van der Waals surface area contributed by atoms with E-state index in [1.54, 1.807) is 12.1 Å². The second kappa shape index (κ2) is 7.07. The Labute approximate surface area is 113 Å². The number of nitrogens with one attached hydrogen (secondary N) is 1. The fourth-order valence-corrected chi connectivity index (χ4v) is 1.87. The number of aliphatic hydroxyl groups is 1. The fraction of sp³-hybridized carbons (Fsp3) is 0.571. The minimum atomic E-state index is -0.234. The first-order valence-electron chi connectivity index (χ1n) is 6.20. The van der Waals surface area contributed by atoms with Crippen molar-refractivity contribution in [3.63, 3.8) is 0 Å². The summed E-state index contributed by atoms with van der Waals surface area (Å²) in [5, 5.41) is 12.8. The van der Waals surface area contributed by atoms with E-state index in [0.29, 0.717) is 17.1 Å². The molecule has 1 rings (SSSR count). The molecule has 4 heteroatoms. The van der Waals surface area contributed by atoms with Crippen LogP contribution in [-0.4, -0.2) is 18.3 Å². The molecule has 0 aliphatic heterocycles. The van der Waals surface area contributed by atoms with Crippen LogP contribution in [0.15, 0.2) is 18.2 Å². The van der Waals surface area contributed by atoms with Gasteiger partial charge in [0.25, 0.3) is 0 Å². The highest BCUT2D eigenvalue weighted by molar-refractivity contribution is 6.30. The van der Waals surface area contributed by atoms with E-state index in [1.165, 1.54) is 6.07 Å². The minimum Gasteiger partial charge on any atom is -0.396 e. The van der Waals surface area contributed by atoms with Crippen LogP contribution in [0.1, 0.15) is 32.3 Å². The molecule has 0 bridgehead atoms. The molecule has 102 valence electrons. The van der Waals surface area contributed by atoms with Gasteiger partial charge in [-0.3, -0.25) is 0 Å². The molecule has 0 atom stereocenters. The number of aliphatic hydroxyl groups excluding tert-OH is 1. The highest BCUT2D eigenvalue weighted by Gasteiger charge is 2.15. The van der Waals surface area contributed by atoms with E-state index in [1.807, 2.05) is 13.8 Å². The molecular weight excluding hydrogens is 253 g/mol. The first-order chi connectivity index (χ1) is 8.44. The van der Waals surface area contributed by atoms with Crippen LogP contribution in [0.5, 0.6) is 0 Å². The zero-order valence-corrected chi connectivity index (χ0v) is 11.7. The van der Waals surface area contributed by atoms with Crippen molar-refractivity contribution in [2.45, 2.75) is 33.2 Å². The van der Waals surface area contributed by atoms with Gasteiger partial charge in [0.15, 0.2) is 0 Å². The molecule has 2 nitrogen and oxygen atoms in total. The Morgan fingerprint density at radius 1 is 1.39 bits per heavy atom. The molecule has 0 aromatic heterocycles. The first-order valence-corrected chi connectivity index (χ1v) is 6.58. The molecule has 18 heavy (non-hydrogen) atoms. The van der Waals surface area contributed by atoms with Crippen molar-refractivity contribution < 1.29 is 9.50 Å². The summed E-state index contributed by atoms with van der Waals surface area (Å²) < 4.78 is 13.4. The zero-order valence-electron chi connectivity index (χ0n) is 11.0. The summed E-state index contributed by atoms with van der Waals surface area (Å²) in [5.41, 5.74) is 0.548. The summed E-state index contributed by atoms with van der Waals surface area (Å²) >= 11 is 5.81. The molecule has 1 aromatic carbocycles. The van der Waals surface area contributed by atoms with Crippen molar-refractivity contribution in [2.75, 3.05) is 13.2 Å². The van der Waals surface area contributed by atoms with Gasteiger partial charge in [-0.15, -0.1) is 0 Å². The van der Waals surface area contributed by atoms with E-state index in [4.69, 9.17) is 16.7 Å². The zero-order chi connectivity index (χ0) is 13.6. The van der Waals surface area contributed by atoms with Gasteiger partial charge in [-0.2, -0.15) is 0 Å². The van der Waals surface area contributed by atoms with Gasteiger partial charge >= 0.3 is 0 Å². The normalized spacial score (nSPS) is 11.8. The predicted octanol–water partition coefficient (Wildman–Crippen LogP) is 3.37. The summed E-state index contributed by atoms with van der Waals surface area (Å²) in [5.74, 6) is -0.234. The maximum absolute atomic E-state index is 13.4. The molecule has 0 saturated carbocycles. The second-order valence-corrected chi connectivity index (χ2v) is 5.77. The van der Waals surface area contributed by atoms with Crippen molar-refractivity contribution in [3.05, 3.63) is 34.6 Å². The molecule has 0 fully saturated rings. The van der Waals surface area contributed by atoms with E-state index in [-0.39, 0.29) is 17.8 Å². The molecule has 0 spiro atoms. The van der Waals surface area contributed by atoms with Gasteiger partial charge < -0.3 is 10.4 Å². The standard InChI is InChI=1S/C14H21ClFNO/c1-14(2,10-18)6-3-7-17-9-11-8-12(15)4-5-13(11)16/h4-5,8,17-18H,3,6-7,9-10H2,1-2H3. The molecule has 2 N–H and O–H groups in total. The largest absolute Gasteiger partial charge is 0.396 e. The molecule has 0 unspecified atom stereocenters. The Hall–Kier alpha value is -0.640. The topological polar surface area (TPSA) is 32.3 Å². The van der Waals surface area contributed by atoms with Crippen molar-refractivity contribution in [2.24, 2.45) is 5.41 Å². The number of hydrogen-bond donors (Lipinski definition) is 2. The Kier molecular flexibility index (Phi) is 6.06. The van der Waals surface area contributed by atoms with Crippen LogP contribution < -0.4 is 5.32 Å². The minimum absolute atomic E-state index is 0.0387. The molecule has 0 amide bonds. The molecule has 1 aromatic rings. The second-order valence-electron chi connectivity index (χ2n) is 5.34. The molecule has 0 aliphatic rings. The quantitative estimate of drug-likeness (QED) is 0.747. The van der Waals surface area contributed by atoms with Crippen LogP contribution in [0.3, 0.4) is 0 Å². The van der Waals surface area contributed by atoms with Crippen molar-refractivity contribution >= 4 is 11.6 Å². The Balaban J connectivity index is 2.28. The maximum atomic E-state index is 13.4. The summed E-state index contributed by atoms with van der Waals surface area (Å²) in [6, 6.07) is 4.57. The van der Waals surface area contributed by atoms with Gasteiger partial charge in [0, 0.05) is 23.7 Å². The summed E-state index contributed by atoms with van der Waals surface area (Å²) in [6.07, 6.45) is 1.89. The smallest absolute Gasteiger partial charge is 0.127 e. The Bertz CT molecular complexity index is 382. The molecule has 0 radical (unpaired) electrons. The lowest BCUT2D eigenvalue weighted by atomic mass is 9.89. The summed E-state index contributed by atoms with van der Waals surface area (Å²) in [6.45, 7) is 5.53. The van der Waals surface area contributed by atoms with Crippen molar-refractivity contribution in [1.29, 1.82) is 0 Å². The molecule has 0 saturated heterocycles. The van der Waals surface area contributed by atoms with Crippen LogP contribution in [0.2, 0.25) is 5.02 Å². The summed E-state index contributed by atoms with van der Waals surface area (Å²) in [7, 11) is 0. The van der Waals surface area contributed by atoms with Gasteiger partial charge in [0.2, 0.25) is 0 Å². The van der Waals surface area contributed by atoms with Crippen LogP contribution in [0.25, 0.3) is 0 Å². The van der Waals surface area contributed by atoms with E-state index in [0.717, 1.165) is 19.4 Å². The third-order valence-electron chi connectivity index (χ3n) is 2.96. The van der Waals surface area contributed by atoms with E-state index >= 15 is 0 Å². The number of hydrogen-bond acceptors (Lipinski definition) is 2. The number of rotatable bonds is 7. The molecule has 0 aliphatic carbocycles. The highest BCUT2D eigenvalue weighted by Crippen LogP contribution is 2.20. The average Bonchev–Trinajstić information content (AvgIpc) is 2.33. The third kappa shape index (κ3) is 5.34. The van der Waals surface area contributed by atoms with Crippen LogP contribution >= 0.6 is 11.6 Å². The SMILES string of the molecule is CC(C)(CO)CCCNCc1cc(Cl)ccc1F. The summed E-state index contributed by atoms with van der Waals surface area (Å²) in [4.78, 5) is 0.